The quantitative estimate of drug-likeness (QED) is 0.738. The van der Waals surface area contributed by atoms with Gasteiger partial charge in [-0.05, 0) is 42.9 Å². The predicted molar refractivity (Wildman–Crippen MR) is 101 cm³/mol. The molecule has 0 aliphatic rings. The van der Waals surface area contributed by atoms with Crippen LogP contribution in [0.15, 0.2) is 22.7 Å². The maximum absolute atomic E-state index is 12.6. The number of aryl methyl sites for hydroxylation is 1. The average molecular weight is 374 g/mol. The summed E-state index contributed by atoms with van der Waals surface area (Å²) in [6.07, 6.45) is -1.07. The molecule has 1 aromatic carbocycles. The Labute approximate surface area is 158 Å². The molecule has 1 amide bonds. The van der Waals surface area contributed by atoms with Crippen LogP contribution in [-0.2, 0) is 9.53 Å². The van der Waals surface area contributed by atoms with E-state index >= 15 is 0 Å². The molecule has 0 saturated heterocycles. The molecule has 146 valence electrons. The number of aromatic hydroxyl groups is 1. The molecule has 7 nitrogen and oxygen atoms in total. The normalized spacial score (nSPS) is 12.3. The first kappa shape index (κ1) is 20.5. The molecule has 0 aliphatic carbocycles. The zero-order valence-electron chi connectivity index (χ0n) is 16.5. The maximum Gasteiger partial charge on any atom is 0.342 e. The van der Waals surface area contributed by atoms with Crippen LogP contribution in [0.25, 0.3) is 0 Å². The van der Waals surface area contributed by atoms with Gasteiger partial charge in [-0.1, -0.05) is 38.9 Å². The minimum atomic E-state index is -1.07. The number of phenols is 1. The van der Waals surface area contributed by atoms with Crippen molar-refractivity contribution >= 4 is 17.7 Å². The Balaban J connectivity index is 2.20. The highest BCUT2D eigenvalue weighted by molar-refractivity contribution is 5.98. The van der Waals surface area contributed by atoms with Crippen LogP contribution in [0, 0.1) is 6.92 Å². The summed E-state index contributed by atoms with van der Waals surface area (Å²) in [5.74, 6) is -0.411. The minimum Gasteiger partial charge on any atom is -0.507 e. The highest BCUT2D eigenvalue weighted by Crippen LogP contribution is 2.33. The Hall–Kier alpha value is -2.83. The van der Waals surface area contributed by atoms with Crippen LogP contribution in [0.5, 0.6) is 5.75 Å². The van der Waals surface area contributed by atoms with E-state index in [0.717, 1.165) is 5.56 Å². The van der Waals surface area contributed by atoms with Crippen LogP contribution in [0.2, 0.25) is 0 Å². The van der Waals surface area contributed by atoms with Crippen LogP contribution >= 0.6 is 0 Å². The number of esters is 1. The van der Waals surface area contributed by atoms with Gasteiger partial charge in [-0.15, -0.1) is 0 Å². The highest BCUT2D eigenvalue weighted by Gasteiger charge is 2.24. The van der Waals surface area contributed by atoms with E-state index in [0.29, 0.717) is 11.3 Å². The first-order valence-electron chi connectivity index (χ1n) is 8.92. The number of amides is 1. The molecular formula is C20H26N2O5. The van der Waals surface area contributed by atoms with Crippen molar-refractivity contribution in [2.24, 2.45) is 0 Å². The summed E-state index contributed by atoms with van der Waals surface area (Å²) in [6.45, 7) is 11.0. The fraction of sp³-hybridized carbons (Fsp3) is 0.450. The maximum atomic E-state index is 12.6. The summed E-state index contributed by atoms with van der Waals surface area (Å²) in [7, 11) is 0. The second-order valence-corrected chi connectivity index (χ2v) is 7.18. The van der Waals surface area contributed by atoms with Crippen LogP contribution < -0.4 is 5.32 Å². The Morgan fingerprint density at radius 2 is 1.78 bits per heavy atom. The summed E-state index contributed by atoms with van der Waals surface area (Å²) in [5.41, 5.74) is 1.64. The summed E-state index contributed by atoms with van der Waals surface area (Å²) < 4.78 is 10.1. The van der Waals surface area contributed by atoms with E-state index in [9.17, 15) is 14.7 Å². The SMILES string of the molecule is Cc1cc(NC(=O)[C@H](C)OC(=O)c2cc(C(C)C)cc(C(C)C)c2O)no1. The summed E-state index contributed by atoms with van der Waals surface area (Å²) >= 11 is 0. The lowest BCUT2D eigenvalue weighted by atomic mass is 9.92. The average Bonchev–Trinajstić information content (AvgIpc) is 2.99. The zero-order chi connectivity index (χ0) is 20.3. The minimum absolute atomic E-state index is 0.0337. The number of nitrogens with zero attached hydrogens (tertiary/aromatic N) is 1. The van der Waals surface area contributed by atoms with E-state index in [2.05, 4.69) is 10.5 Å². The third-order valence-electron chi connectivity index (χ3n) is 4.20. The van der Waals surface area contributed by atoms with Crippen LogP contribution in [0.4, 0.5) is 5.82 Å². The predicted octanol–water partition coefficient (Wildman–Crippen LogP) is 4.12. The molecule has 2 rings (SSSR count). The lowest BCUT2D eigenvalue weighted by Gasteiger charge is -2.18. The number of benzene rings is 1. The number of ether oxygens (including phenoxy) is 1. The van der Waals surface area contributed by atoms with Gasteiger partial charge >= 0.3 is 5.97 Å². The van der Waals surface area contributed by atoms with Crippen molar-refractivity contribution in [1.82, 2.24) is 5.16 Å². The monoisotopic (exact) mass is 374 g/mol. The van der Waals surface area contributed by atoms with Gasteiger partial charge in [0.2, 0.25) is 0 Å². The van der Waals surface area contributed by atoms with Crippen LogP contribution in [-0.4, -0.2) is 28.2 Å². The number of rotatable bonds is 6. The zero-order valence-corrected chi connectivity index (χ0v) is 16.5. The van der Waals surface area contributed by atoms with E-state index in [1.54, 1.807) is 19.1 Å². The largest absolute Gasteiger partial charge is 0.507 e. The smallest absolute Gasteiger partial charge is 0.342 e. The summed E-state index contributed by atoms with van der Waals surface area (Å²) in [5, 5.41) is 16.7. The molecule has 0 saturated carbocycles. The summed E-state index contributed by atoms with van der Waals surface area (Å²) in [6, 6.07) is 5.06. The highest BCUT2D eigenvalue weighted by atomic mass is 16.5. The van der Waals surface area contributed by atoms with Crippen molar-refractivity contribution in [2.75, 3.05) is 5.32 Å². The molecule has 2 N–H and O–H groups in total. The topological polar surface area (TPSA) is 102 Å². The van der Waals surface area contributed by atoms with Gasteiger partial charge in [0, 0.05) is 6.07 Å². The molecule has 1 atom stereocenters. The number of aromatic nitrogens is 1. The van der Waals surface area contributed by atoms with E-state index in [1.807, 2.05) is 33.8 Å². The molecule has 0 bridgehead atoms. The Bertz CT molecular complexity index is 839. The number of phenolic OH excluding ortho intramolecular Hbond substituents is 1. The Morgan fingerprint density at radius 1 is 1.11 bits per heavy atom. The lowest BCUT2D eigenvalue weighted by Crippen LogP contribution is -2.30. The van der Waals surface area contributed by atoms with E-state index in [4.69, 9.17) is 9.26 Å². The van der Waals surface area contributed by atoms with Gasteiger partial charge in [0.15, 0.2) is 11.9 Å². The van der Waals surface area contributed by atoms with Crippen LogP contribution in [0.3, 0.4) is 0 Å². The van der Waals surface area contributed by atoms with Gasteiger partial charge < -0.3 is 19.7 Å². The van der Waals surface area contributed by atoms with Gasteiger partial charge in [0.25, 0.3) is 5.91 Å². The van der Waals surface area contributed by atoms with Gasteiger partial charge in [-0.3, -0.25) is 4.79 Å². The van der Waals surface area contributed by atoms with Crippen molar-refractivity contribution in [3.8, 4) is 5.75 Å². The third-order valence-corrected chi connectivity index (χ3v) is 4.20. The lowest BCUT2D eigenvalue weighted by molar-refractivity contribution is -0.123. The van der Waals surface area contributed by atoms with Gasteiger partial charge in [-0.2, -0.15) is 0 Å². The summed E-state index contributed by atoms with van der Waals surface area (Å²) in [4.78, 5) is 24.8. The molecule has 1 heterocycles. The van der Waals surface area contributed by atoms with Gasteiger partial charge in [0.1, 0.15) is 17.1 Å². The molecule has 27 heavy (non-hydrogen) atoms. The molecule has 0 unspecified atom stereocenters. The molecule has 0 spiro atoms. The Kier molecular flexibility index (Phi) is 6.25. The molecular weight excluding hydrogens is 348 g/mol. The fourth-order valence-corrected chi connectivity index (χ4v) is 2.54. The second-order valence-electron chi connectivity index (χ2n) is 7.18. The second kappa shape index (κ2) is 8.24. The number of carbonyl (C=O) groups excluding carboxylic acids is 2. The van der Waals surface area contributed by atoms with Crippen molar-refractivity contribution in [1.29, 1.82) is 0 Å². The van der Waals surface area contributed by atoms with E-state index in [1.165, 1.54) is 6.92 Å². The van der Waals surface area contributed by atoms with Gasteiger partial charge in [0.05, 0.1) is 0 Å². The van der Waals surface area contributed by atoms with E-state index < -0.39 is 18.0 Å². The number of hydrogen-bond acceptors (Lipinski definition) is 6. The van der Waals surface area contributed by atoms with Crippen LogP contribution in [0.1, 0.15) is 73.7 Å². The first-order valence-corrected chi connectivity index (χ1v) is 8.92. The molecule has 0 radical (unpaired) electrons. The molecule has 0 aliphatic heterocycles. The van der Waals surface area contributed by atoms with Gasteiger partial charge in [-0.25, -0.2) is 4.79 Å². The first-order chi connectivity index (χ1) is 12.6. The molecule has 2 aromatic rings. The van der Waals surface area contributed by atoms with Crippen molar-refractivity contribution in [3.63, 3.8) is 0 Å². The number of nitrogens with one attached hydrogen (secondary N) is 1. The Morgan fingerprint density at radius 3 is 2.30 bits per heavy atom. The molecule has 7 heteroatoms. The number of anilines is 1. The molecule has 1 aromatic heterocycles. The molecule has 0 fully saturated rings. The number of hydrogen-bond donors (Lipinski definition) is 2. The van der Waals surface area contributed by atoms with Crippen molar-refractivity contribution < 1.29 is 24.0 Å². The standard InChI is InChI=1S/C20H26N2O5/c1-10(2)14-8-15(11(3)4)18(23)16(9-14)20(25)26-13(6)19(24)21-17-7-12(5)27-22-17/h7-11,13,23H,1-6H3,(H,21,22,24)/t13-/m0/s1. The number of carbonyl (C=O) groups is 2. The van der Waals surface area contributed by atoms with Crippen molar-refractivity contribution in [2.45, 2.75) is 59.5 Å². The van der Waals surface area contributed by atoms with Crippen molar-refractivity contribution in [3.05, 3.63) is 40.6 Å². The van der Waals surface area contributed by atoms with E-state index in [-0.39, 0.29) is 29.0 Å². The third kappa shape index (κ3) is 4.87. The fourth-order valence-electron chi connectivity index (χ4n) is 2.54.